The second-order valence-corrected chi connectivity index (χ2v) is 14.8. The molecule has 0 radical (unpaired) electrons. The molecule has 0 bridgehead atoms. The number of hydrogen-bond acceptors (Lipinski definition) is 1. The number of fused-ring (bicyclic) bond motifs is 15. The Morgan fingerprint density at radius 1 is 0.481 bits per heavy atom. The number of nitrogens with zero attached hydrogens (tertiary/aromatic N) is 1. The first-order chi connectivity index (χ1) is 25.8. The molecule has 0 aliphatic heterocycles. The molecule has 4 aliphatic carbocycles. The predicted molar refractivity (Wildman–Crippen MR) is 215 cm³/mol. The monoisotopic (exact) mass is 659 g/mol. The third-order valence-corrected chi connectivity index (χ3v) is 12.4. The van der Waals surface area contributed by atoms with E-state index in [0.29, 0.717) is 0 Å². The summed E-state index contributed by atoms with van der Waals surface area (Å²) in [7, 11) is 0. The van der Waals surface area contributed by atoms with Crippen molar-refractivity contribution in [2.75, 3.05) is 0 Å². The van der Waals surface area contributed by atoms with Crippen molar-refractivity contribution in [3.8, 4) is 44.6 Å². The van der Waals surface area contributed by atoms with Gasteiger partial charge in [0.25, 0.3) is 0 Å². The summed E-state index contributed by atoms with van der Waals surface area (Å²) in [4.78, 5) is 5.46. The number of aromatic nitrogens is 1. The first kappa shape index (κ1) is 28.4. The maximum Gasteiger partial charge on any atom is 0.0788 e. The maximum absolute atomic E-state index is 5.46. The SMILES string of the molecule is C1=CC2=C(CC1)c1ccccc1C21c2ccccc2-c2cc3c(-c4cccc(-c5cccc6c5Cc5ccccc5-6)c4)nc4ccccc4c3cc21. The van der Waals surface area contributed by atoms with Crippen LogP contribution >= 0.6 is 0 Å². The zero-order valence-electron chi connectivity index (χ0n) is 28.7. The summed E-state index contributed by atoms with van der Waals surface area (Å²) in [6.07, 6.45) is 7.97. The van der Waals surface area contributed by atoms with Crippen LogP contribution in [0.15, 0.2) is 169 Å². The molecule has 1 unspecified atom stereocenters. The third kappa shape index (κ3) is 3.60. The van der Waals surface area contributed by atoms with Gasteiger partial charge in [-0.3, -0.25) is 0 Å². The van der Waals surface area contributed by atoms with Gasteiger partial charge in [0, 0.05) is 16.3 Å². The van der Waals surface area contributed by atoms with Crippen molar-refractivity contribution in [3.63, 3.8) is 0 Å². The quantitative estimate of drug-likeness (QED) is 0.168. The van der Waals surface area contributed by atoms with Crippen LogP contribution in [0, 0.1) is 0 Å². The molecule has 0 saturated heterocycles. The second-order valence-electron chi connectivity index (χ2n) is 14.8. The molecule has 1 aromatic heterocycles. The van der Waals surface area contributed by atoms with Crippen molar-refractivity contribution < 1.29 is 0 Å². The Hall–Kier alpha value is -6.31. The van der Waals surface area contributed by atoms with Crippen LogP contribution in [-0.4, -0.2) is 4.98 Å². The van der Waals surface area contributed by atoms with E-state index in [1.165, 1.54) is 94.1 Å². The topological polar surface area (TPSA) is 12.9 Å². The molecule has 1 atom stereocenters. The lowest BCUT2D eigenvalue weighted by Crippen LogP contribution is -2.27. The van der Waals surface area contributed by atoms with Gasteiger partial charge in [-0.1, -0.05) is 140 Å². The molecule has 12 rings (SSSR count). The van der Waals surface area contributed by atoms with Gasteiger partial charge in [-0.2, -0.15) is 0 Å². The van der Waals surface area contributed by atoms with Crippen molar-refractivity contribution in [3.05, 3.63) is 203 Å². The van der Waals surface area contributed by atoms with Crippen molar-refractivity contribution in [2.45, 2.75) is 24.7 Å². The van der Waals surface area contributed by atoms with Crippen LogP contribution in [0.5, 0.6) is 0 Å². The summed E-state index contributed by atoms with van der Waals surface area (Å²) in [5.41, 5.74) is 22.2. The molecule has 0 saturated carbocycles. The fourth-order valence-corrected chi connectivity index (χ4v) is 10.3. The highest BCUT2D eigenvalue weighted by atomic mass is 14.7. The highest BCUT2D eigenvalue weighted by Crippen LogP contribution is 2.64. The molecule has 7 aromatic carbocycles. The van der Waals surface area contributed by atoms with Gasteiger partial charge in [-0.25, -0.2) is 4.98 Å². The molecule has 0 N–H and O–H groups in total. The molecule has 1 nitrogen and oxygen atoms in total. The van der Waals surface area contributed by atoms with Crippen LogP contribution in [0.4, 0.5) is 0 Å². The number of benzene rings is 7. The summed E-state index contributed by atoms with van der Waals surface area (Å²) in [5, 5.41) is 3.66. The van der Waals surface area contributed by atoms with Gasteiger partial charge in [0.2, 0.25) is 0 Å². The van der Waals surface area contributed by atoms with E-state index in [-0.39, 0.29) is 5.41 Å². The number of pyridine rings is 1. The Morgan fingerprint density at radius 3 is 2.12 bits per heavy atom. The number of allylic oxidation sites excluding steroid dienone is 4. The smallest absolute Gasteiger partial charge is 0.0788 e. The highest BCUT2D eigenvalue weighted by molar-refractivity contribution is 6.14. The lowest BCUT2D eigenvalue weighted by atomic mass is 9.69. The van der Waals surface area contributed by atoms with E-state index in [4.69, 9.17) is 4.98 Å². The van der Waals surface area contributed by atoms with Crippen LogP contribution in [0.3, 0.4) is 0 Å². The number of hydrogen-bond donors (Lipinski definition) is 0. The van der Waals surface area contributed by atoms with Crippen LogP contribution in [-0.2, 0) is 11.8 Å². The van der Waals surface area contributed by atoms with E-state index in [1.807, 2.05) is 0 Å². The van der Waals surface area contributed by atoms with Crippen molar-refractivity contribution >= 4 is 27.2 Å². The molecular formula is C51H33N. The van der Waals surface area contributed by atoms with E-state index in [2.05, 4.69) is 164 Å². The van der Waals surface area contributed by atoms with E-state index in [1.54, 1.807) is 0 Å². The van der Waals surface area contributed by atoms with Crippen LogP contribution < -0.4 is 0 Å². The molecule has 52 heavy (non-hydrogen) atoms. The lowest BCUT2D eigenvalue weighted by Gasteiger charge is -2.32. The first-order valence-electron chi connectivity index (χ1n) is 18.6. The molecule has 0 fully saturated rings. The summed E-state index contributed by atoms with van der Waals surface area (Å²) in [5.74, 6) is 0. The number of para-hydroxylation sites is 1. The standard InChI is InChI=1S/C51H33N/c1-2-16-34-32(13-1)28-41-35(21-12-22-36(34)41)31-14-11-15-33(27-31)50-44-29-43-39-19-5-9-25-47(39)51(48(43)30-42(44)40-20-6-10-26-49(40)52-50)45-23-7-3-17-37(45)38-18-4-8-24-46(38)51/h1-3,5-17,19-27,29-30H,4,18,28H2. The molecule has 0 amide bonds. The van der Waals surface area contributed by atoms with Gasteiger partial charge in [-0.05, 0) is 127 Å². The summed E-state index contributed by atoms with van der Waals surface area (Å²) >= 11 is 0. The molecule has 242 valence electrons. The first-order valence-corrected chi connectivity index (χ1v) is 18.6. The Kier molecular flexibility index (Phi) is 5.66. The zero-order valence-corrected chi connectivity index (χ0v) is 28.7. The van der Waals surface area contributed by atoms with Gasteiger partial charge in [0.15, 0.2) is 0 Å². The van der Waals surface area contributed by atoms with E-state index < -0.39 is 0 Å². The van der Waals surface area contributed by atoms with E-state index in [0.717, 1.165) is 36.0 Å². The van der Waals surface area contributed by atoms with Gasteiger partial charge < -0.3 is 0 Å². The third-order valence-electron chi connectivity index (χ3n) is 12.4. The summed E-state index contributed by atoms with van der Waals surface area (Å²) in [6.45, 7) is 0. The normalized spacial score (nSPS) is 17.3. The molecule has 1 heterocycles. The minimum absolute atomic E-state index is 0.335. The molecule has 1 heteroatoms. The van der Waals surface area contributed by atoms with Crippen LogP contribution in [0.2, 0.25) is 0 Å². The minimum Gasteiger partial charge on any atom is -0.247 e. The second kappa shape index (κ2) is 10.4. The average Bonchev–Trinajstić information content (AvgIpc) is 3.84. The van der Waals surface area contributed by atoms with Crippen LogP contribution in [0.25, 0.3) is 71.9 Å². The zero-order chi connectivity index (χ0) is 34.0. The Bertz CT molecular complexity index is 2940. The Morgan fingerprint density at radius 2 is 1.19 bits per heavy atom. The van der Waals surface area contributed by atoms with Crippen molar-refractivity contribution in [1.29, 1.82) is 0 Å². The largest absolute Gasteiger partial charge is 0.247 e. The highest BCUT2D eigenvalue weighted by Gasteiger charge is 2.52. The molecule has 1 spiro atoms. The van der Waals surface area contributed by atoms with Gasteiger partial charge in [-0.15, -0.1) is 0 Å². The summed E-state index contributed by atoms with van der Waals surface area (Å²) in [6, 6.07) is 56.8. The number of rotatable bonds is 2. The van der Waals surface area contributed by atoms with Crippen molar-refractivity contribution in [1.82, 2.24) is 4.98 Å². The summed E-state index contributed by atoms with van der Waals surface area (Å²) < 4.78 is 0. The molecule has 4 aliphatic rings. The Balaban J connectivity index is 1.13. The molecule has 8 aromatic rings. The average molecular weight is 660 g/mol. The van der Waals surface area contributed by atoms with E-state index in [9.17, 15) is 0 Å². The predicted octanol–water partition coefficient (Wildman–Crippen LogP) is 12.7. The minimum atomic E-state index is -0.335. The maximum atomic E-state index is 5.46. The van der Waals surface area contributed by atoms with E-state index >= 15 is 0 Å². The lowest BCUT2D eigenvalue weighted by molar-refractivity contribution is 0.781. The fourth-order valence-electron chi connectivity index (χ4n) is 10.3. The van der Waals surface area contributed by atoms with Gasteiger partial charge >= 0.3 is 0 Å². The van der Waals surface area contributed by atoms with Crippen molar-refractivity contribution in [2.24, 2.45) is 0 Å². The van der Waals surface area contributed by atoms with Gasteiger partial charge in [0.05, 0.1) is 16.6 Å². The molecular weight excluding hydrogens is 627 g/mol. The Labute approximate surface area is 303 Å². The fraction of sp³-hybridized carbons (Fsp3) is 0.0784. The van der Waals surface area contributed by atoms with Crippen LogP contribution in [0.1, 0.15) is 46.2 Å². The van der Waals surface area contributed by atoms with Gasteiger partial charge in [0.1, 0.15) is 0 Å².